The maximum atomic E-state index is 13.6. The highest BCUT2D eigenvalue weighted by molar-refractivity contribution is 5.98. The van der Waals surface area contributed by atoms with Gasteiger partial charge in [0.05, 0.1) is 12.8 Å². The number of benzene rings is 1. The second-order valence-corrected chi connectivity index (χ2v) is 7.52. The lowest BCUT2D eigenvalue weighted by atomic mass is 9.67. The third kappa shape index (κ3) is 4.13. The van der Waals surface area contributed by atoms with Crippen molar-refractivity contribution in [1.29, 1.82) is 0 Å². The highest BCUT2D eigenvalue weighted by Gasteiger charge is 2.40. The van der Waals surface area contributed by atoms with E-state index in [1.807, 2.05) is 13.8 Å². The van der Waals surface area contributed by atoms with Crippen molar-refractivity contribution in [3.63, 3.8) is 0 Å². The number of carboxylic acid groups (broad SMARTS) is 1. The summed E-state index contributed by atoms with van der Waals surface area (Å²) in [7, 11) is 1.36. The van der Waals surface area contributed by atoms with Gasteiger partial charge in [0.1, 0.15) is 23.2 Å². The van der Waals surface area contributed by atoms with Gasteiger partial charge in [-0.2, -0.15) is 0 Å². The Hall–Kier alpha value is -3.23. The molecule has 1 saturated carbocycles. The van der Waals surface area contributed by atoms with E-state index in [2.05, 4.69) is 10.3 Å². The quantitative estimate of drug-likeness (QED) is 0.781. The topological polar surface area (TPSA) is 91.8 Å². The predicted molar refractivity (Wildman–Crippen MR) is 102 cm³/mol. The number of rotatable bonds is 5. The Kier molecular flexibility index (Phi) is 5.41. The molecule has 2 amide bonds. The number of pyridine rings is 1. The number of hydrogen-bond donors (Lipinski definition) is 2. The molecule has 1 aliphatic carbocycles. The zero-order chi connectivity index (χ0) is 21.3. The number of carbonyl (C=O) groups excluding carboxylic acids is 1. The lowest BCUT2D eigenvalue weighted by Gasteiger charge is -2.44. The molecule has 1 unspecified atom stereocenters. The Labute approximate surface area is 166 Å². The lowest BCUT2D eigenvalue weighted by Crippen LogP contribution is -2.52. The van der Waals surface area contributed by atoms with Crippen molar-refractivity contribution in [2.45, 2.75) is 32.7 Å². The van der Waals surface area contributed by atoms with Gasteiger partial charge in [0.25, 0.3) is 5.91 Å². The summed E-state index contributed by atoms with van der Waals surface area (Å²) in [5, 5.41) is 12.5. The van der Waals surface area contributed by atoms with E-state index in [9.17, 15) is 23.5 Å². The van der Waals surface area contributed by atoms with Crippen molar-refractivity contribution < 1.29 is 28.2 Å². The van der Waals surface area contributed by atoms with Crippen LogP contribution >= 0.6 is 0 Å². The number of nitrogens with zero attached hydrogens (tertiary/aromatic N) is 2. The number of nitrogens with one attached hydrogen (secondary N) is 1. The van der Waals surface area contributed by atoms with Crippen LogP contribution in [0.4, 0.5) is 25.1 Å². The molecule has 0 spiro atoms. The van der Waals surface area contributed by atoms with Gasteiger partial charge in [-0.3, -0.25) is 4.79 Å². The van der Waals surface area contributed by atoms with Crippen LogP contribution in [0, 0.1) is 17.0 Å². The molecule has 1 aromatic carbocycles. The minimum atomic E-state index is -1.51. The van der Waals surface area contributed by atoms with Crippen molar-refractivity contribution in [3.05, 3.63) is 47.7 Å². The van der Waals surface area contributed by atoms with Crippen molar-refractivity contribution in [2.24, 2.45) is 5.41 Å². The van der Waals surface area contributed by atoms with E-state index in [0.717, 1.165) is 25.0 Å². The summed E-state index contributed by atoms with van der Waals surface area (Å²) in [6.07, 6.45) is 0.282. The van der Waals surface area contributed by atoms with Crippen molar-refractivity contribution in [2.75, 3.05) is 12.0 Å². The van der Waals surface area contributed by atoms with Crippen LogP contribution in [0.2, 0.25) is 0 Å². The average Bonchev–Trinajstić information content (AvgIpc) is 2.64. The van der Waals surface area contributed by atoms with Gasteiger partial charge in [0, 0.05) is 12.1 Å². The first-order valence-electron chi connectivity index (χ1n) is 8.97. The molecule has 1 aliphatic rings. The zero-order valence-corrected chi connectivity index (χ0v) is 16.2. The summed E-state index contributed by atoms with van der Waals surface area (Å²) in [4.78, 5) is 29.3. The van der Waals surface area contributed by atoms with E-state index >= 15 is 0 Å². The first-order chi connectivity index (χ1) is 13.6. The summed E-state index contributed by atoms with van der Waals surface area (Å²) >= 11 is 0. The molecule has 2 N–H and O–H groups in total. The Morgan fingerprint density at radius 1 is 1.24 bits per heavy atom. The molecule has 0 saturated heterocycles. The monoisotopic (exact) mass is 405 g/mol. The molecule has 1 fully saturated rings. The summed E-state index contributed by atoms with van der Waals surface area (Å²) in [5.74, 6) is -2.44. The molecule has 1 heterocycles. The number of methoxy groups -OCH3 is 1. The fourth-order valence-corrected chi connectivity index (χ4v) is 3.26. The molecule has 9 heteroatoms. The van der Waals surface area contributed by atoms with Crippen LogP contribution in [0.5, 0.6) is 5.75 Å². The third-order valence-corrected chi connectivity index (χ3v) is 5.13. The average molecular weight is 405 g/mol. The van der Waals surface area contributed by atoms with Crippen LogP contribution in [0.25, 0.3) is 0 Å². The number of halogens is 2. The van der Waals surface area contributed by atoms with Crippen LogP contribution in [-0.4, -0.2) is 35.2 Å². The number of aromatic nitrogens is 1. The SMILES string of the molecule is COc1ccc(N(C(=O)O)c2cc(F)cc(F)c2)nc1C(=O)NC1CCC1(C)C. The summed E-state index contributed by atoms with van der Waals surface area (Å²) in [6.45, 7) is 4.07. The molecule has 2 aromatic rings. The number of anilines is 2. The molecular formula is C20H21F2N3O4. The molecule has 7 nitrogen and oxygen atoms in total. The summed E-state index contributed by atoms with van der Waals surface area (Å²) in [6, 6.07) is 4.98. The highest BCUT2D eigenvalue weighted by Crippen LogP contribution is 2.40. The van der Waals surface area contributed by atoms with Gasteiger partial charge in [-0.25, -0.2) is 23.5 Å². The highest BCUT2D eigenvalue weighted by atomic mass is 19.1. The second-order valence-electron chi connectivity index (χ2n) is 7.52. The Balaban J connectivity index is 1.99. The van der Waals surface area contributed by atoms with Crippen LogP contribution in [0.3, 0.4) is 0 Å². The van der Waals surface area contributed by atoms with Gasteiger partial charge in [-0.1, -0.05) is 13.8 Å². The van der Waals surface area contributed by atoms with Gasteiger partial charge in [0.15, 0.2) is 5.69 Å². The molecule has 0 radical (unpaired) electrons. The Morgan fingerprint density at radius 3 is 2.38 bits per heavy atom. The number of carbonyl (C=O) groups is 2. The normalized spacial score (nSPS) is 17.2. The fraction of sp³-hybridized carbons (Fsp3) is 0.350. The maximum Gasteiger partial charge on any atom is 0.417 e. The first-order valence-corrected chi connectivity index (χ1v) is 8.97. The van der Waals surface area contributed by atoms with E-state index in [-0.39, 0.29) is 34.4 Å². The van der Waals surface area contributed by atoms with Gasteiger partial charge in [-0.05, 0) is 42.5 Å². The zero-order valence-electron chi connectivity index (χ0n) is 16.2. The van der Waals surface area contributed by atoms with Crippen LogP contribution < -0.4 is 15.0 Å². The van der Waals surface area contributed by atoms with Crippen LogP contribution in [-0.2, 0) is 0 Å². The minimum absolute atomic E-state index is 0.0435. The number of hydrogen-bond acceptors (Lipinski definition) is 4. The first kappa shape index (κ1) is 20.5. The molecule has 0 bridgehead atoms. The minimum Gasteiger partial charge on any atom is -0.494 e. The second kappa shape index (κ2) is 7.65. The lowest BCUT2D eigenvalue weighted by molar-refractivity contribution is 0.0725. The Bertz CT molecular complexity index is 944. The van der Waals surface area contributed by atoms with Gasteiger partial charge in [-0.15, -0.1) is 0 Å². The largest absolute Gasteiger partial charge is 0.494 e. The fourth-order valence-electron chi connectivity index (χ4n) is 3.26. The maximum absolute atomic E-state index is 13.6. The molecule has 3 rings (SSSR count). The summed E-state index contributed by atoms with van der Waals surface area (Å²) < 4.78 is 32.4. The van der Waals surface area contributed by atoms with E-state index in [1.165, 1.54) is 19.2 Å². The number of amides is 2. The summed E-state index contributed by atoms with van der Waals surface area (Å²) in [5.41, 5.74) is -0.442. The van der Waals surface area contributed by atoms with Gasteiger partial charge < -0.3 is 15.2 Å². The van der Waals surface area contributed by atoms with Crippen molar-refractivity contribution in [3.8, 4) is 5.75 Å². The van der Waals surface area contributed by atoms with Crippen LogP contribution in [0.1, 0.15) is 37.2 Å². The van der Waals surface area contributed by atoms with Gasteiger partial charge >= 0.3 is 6.09 Å². The smallest absolute Gasteiger partial charge is 0.417 e. The van der Waals surface area contributed by atoms with Crippen LogP contribution in [0.15, 0.2) is 30.3 Å². The predicted octanol–water partition coefficient (Wildman–Crippen LogP) is 4.10. The Morgan fingerprint density at radius 2 is 1.90 bits per heavy atom. The molecule has 1 atom stereocenters. The van der Waals surface area contributed by atoms with Crippen molar-refractivity contribution >= 4 is 23.5 Å². The van der Waals surface area contributed by atoms with E-state index in [4.69, 9.17) is 4.74 Å². The van der Waals surface area contributed by atoms with E-state index < -0.39 is 23.6 Å². The molecule has 154 valence electrons. The van der Waals surface area contributed by atoms with Crippen molar-refractivity contribution in [1.82, 2.24) is 10.3 Å². The third-order valence-electron chi connectivity index (χ3n) is 5.13. The number of ether oxygens (including phenoxy) is 1. The van der Waals surface area contributed by atoms with Gasteiger partial charge in [0.2, 0.25) is 0 Å². The standard InChI is InChI=1S/C20H21F2N3O4/c1-20(2)7-6-15(20)23-18(26)17-14(29-3)4-5-16(24-17)25(19(27)28)13-9-11(21)8-12(22)10-13/h4-5,8-10,15H,6-7H2,1-3H3,(H,23,26)(H,27,28). The molecule has 29 heavy (non-hydrogen) atoms. The van der Waals surface area contributed by atoms with E-state index in [1.54, 1.807) is 0 Å². The molecule has 0 aliphatic heterocycles. The molecule has 1 aromatic heterocycles. The molecular weight excluding hydrogens is 384 g/mol. The van der Waals surface area contributed by atoms with E-state index in [0.29, 0.717) is 11.0 Å².